The predicted octanol–water partition coefficient (Wildman–Crippen LogP) is -3.36. The van der Waals surface area contributed by atoms with Gasteiger partial charge < -0.3 is 25.2 Å². The van der Waals surface area contributed by atoms with E-state index in [0.29, 0.717) is 0 Å². The zero-order valence-corrected chi connectivity index (χ0v) is 23.0. The fraction of sp³-hybridized carbons (Fsp3) is 0. The summed E-state index contributed by atoms with van der Waals surface area (Å²) in [7, 11) is 0. The van der Waals surface area contributed by atoms with Crippen LogP contribution < -0.4 is 34.7 Å². The van der Waals surface area contributed by atoms with E-state index in [1.54, 1.807) is 0 Å². The molecule has 0 aliphatic heterocycles. The molecule has 0 amide bonds. The van der Waals surface area contributed by atoms with Crippen LogP contribution in [0.4, 0.5) is 0 Å². The molecule has 15 nitrogen and oxygen atoms in total. The molecule has 0 heterocycles. The van der Waals surface area contributed by atoms with E-state index in [4.69, 9.17) is 22.8 Å². The van der Waals surface area contributed by atoms with Crippen molar-refractivity contribution in [2.45, 2.75) is 0 Å². The molecule has 0 fully saturated rings. The third-order valence-corrected chi connectivity index (χ3v) is 5.31. The number of aromatic carboxylic acids is 1. The molecule has 0 bridgehead atoms. The number of rotatable bonds is 5. The van der Waals surface area contributed by atoms with E-state index >= 15 is 0 Å². The van der Waals surface area contributed by atoms with E-state index in [9.17, 15) is 50.1 Å². The molecule has 9 N–H and O–H groups in total. The third-order valence-electron chi connectivity index (χ3n) is 4.18. The summed E-state index contributed by atoms with van der Waals surface area (Å²) in [6.07, 6.45) is 0. The molecule has 0 saturated heterocycles. The minimum atomic E-state index is -2.06. The van der Waals surface area contributed by atoms with Crippen LogP contribution in [0.25, 0.3) is 0 Å². The normalized spacial score (nSPS) is 9.79. The third kappa shape index (κ3) is 7.91. The Labute approximate surface area is 240 Å². The van der Waals surface area contributed by atoms with Crippen LogP contribution in [0.1, 0.15) is 31.1 Å². The molecule has 0 aliphatic rings. The summed E-state index contributed by atoms with van der Waals surface area (Å²) in [5.41, 5.74) is -0.970. The van der Waals surface area contributed by atoms with E-state index in [-0.39, 0.29) is 40.7 Å². The van der Waals surface area contributed by atoms with Crippen LogP contribution in [0.5, 0.6) is 51.7 Å². The molecule has 0 aliphatic carbocycles. The number of phenolic OH excluding ortho intramolecular Hbond substituents is 9. The van der Waals surface area contributed by atoms with Crippen LogP contribution in [0.15, 0.2) is 36.4 Å². The molecule has 194 valence electrons. The summed E-state index contributed by atoms with van der Waals surface area (Å²) in [5.74, 6) is -10.3. The van der Waals surface area contributed by atoms with Gasteiger partial charge in [0.25, 0.3) is 0 Å². The van der Waals surface area contributed by atoms with E-state index in [1.807, 2.05) is 0 Å². The molecule has 0 unspecified atom stereocenters. The van der Waals surface area contributed by atoms with Gasteiger partial charge in [-0.1, -0.05) is 0 Å². The molecule has 3 rings (SSSR count). The summed E-state index contributed by atoms with van der Waals surface area (Å²) in [4.78, 5) is 33.7. The molecule has 2 radical (unpaired) electrons. The topological polar surface area (TPSA) is 275 Å². The minimum Gasteiger partial charge on any atom is 1.00 e. The van der Waals surface area contributed by atoms with Gasteiger partial charge in [-0.3, -0.25) is 0 Å². The van der Waals surface area contributed by atoms with Crippen molar-refractivity contribution in [2.75, 3.05) is 0 Å². The second kappa shape index (κ2) is 13.4. The summed E-state index contributed by atoms with van der Waals surface area (Å²) in [6.45, 7) is 0. The van der Waals surface area contributed by atoms with Gasteiger partial charge in [-0.25, -0.2) is 0 Å². The van der Waals surface area contributed by atoms with Crippen LogP contribution >= 0.6 is 0 Å². The smallest absolute Gasteiger partial charge is 1.00 e. The van der Waals surface area contributed by atoms with E-state index in [2.05, 4.69) is 0 Å². The maximum atomic E-state index is 11.7. The quantitative estimate of drug-likeness (QED) is 0.102. The van der Waals surface area contributed by atoms with Crippen molar-refractivity contribution in [3.63, 3.8) is 0 Å². The van der Waals surface area contributed by atoms with Gasteiger partial charge >= 0.3 is 175 Å². The molecule has 0 spiro atoms. The van der Waals surface area contributed by atoms with Crippen molar-refractivity contribution in [3.05, 3.63) is 53.1 Å². The second-order valence-corrected chi connectivity index (χ2v) is 7.95. The predicted molar refractivity (Wildman–Crippen MR) is 115 cm³/mol. The monoisotopic (exact) mass is 604 g/mol. The Hall–Kier alpha value is -4.19. The molecule has 0 saturated carbocycles. The summed E-state index contributed by atoms with van der Waals surface area (Å²) in [5, 5.41) is 92.2. The van der Waals surface area contributed by atoms with E-state index < -0.39 is 91.3 Å². The summed E-state index contributed by atoms with van der Waals surface area (Å²) in [6, 6.07) is 4.96. The Morgan fingerprint density at radius 2 is 0.763 bits per heavy atom. The molecule has 3 aromatic rings. The van der Waals surface area contributed by atoms with Crippen LogP contribution in [0.2, 0.25) is 0 Å². The zero-order valence-electron chi connectivity index (χ0n) is 18.9. The minimum absolute atomic E-state index is 0. The van der Waals surface area contributed by atoms with Gasteiger partial charge in [0.15, 0.2) is 17.2 Å². The van der Waals surface area contributed by atoms with Crippen molar-refractivity contribution in [2.24, 2.45) is 0 Å². The maximum absolute atomic E-state index is 11.7. The van der Waals surface area contributed by atoms with Gasteiger partial charge in [-0.05, 0) is 12.1 Å². The molecule has 0 atom stereocenters. The molecular weight excluding hydrogens is 588 g/mol. The van der Waals surface area contributed by atoms with Gasteiger partial charge in [0.05, 0.1) is 5.97 Å². The number of carbonyl (C=O) groups excluding carboxylic acids is 3. The van der Waals surface area contributed by atoms with Gasteiger partial charge in [-0.15, -0.1) is 0 Å². The second-order valence-electron chi connectivity index (χ2n) is 6.74. The Bertz CT molecular complexity index is 1240. The van der Waals surface area contributed by atoms with Crippen molar-refractivity contribution in [1.29, 1.82) is 0 Å². The Morgan fingerprint density at radius 3 is 1.00 bits per heavy atom. The van der Waals surface area contributed by atoms with Gasteiger partial charge in [-0.2, -0.15) is 0 Å². The Morgan fingerprint density at radius 1 is 0.526 bits per heavy atom. The van der Waals surface area contributed by atoms with Crippen LogP contribution in [-0.2, 0) is 7.53 Å². The van der Waals surface area contributed by atoms with Gasteiger partial charge in [0.1, 0.15) is 0 Å². The molecule has 0 aromatic heterocycles. The number of carboxylic acid groups (broad SMARTS) is 1. The number of phenols is 9. The first-order valence-electron chi connectivity index (χ1n) is 9.36. The number of carboxylic acids is 1. The fourth-order valence-corrected chi connectivity index (χ4v) is 3.28. The van der Waals surface area contributed by atoms with Crippen molar-refractivity contribution >= 4 is 34.0 Å². The molecular formula is C21H15GeNaO15. The first kappa shape index (κ1) is 31.8. The first-order chi connectivity index (χ1) is 17.2. The summed E-state index contributed by atoms with van der Waals surface area (Å²) < 4.78 is 9.44. The van der Waals surface area contributed by atoms with E-state index in [0.717, 1.165) is 36.4 Å². The first-order valence-corrected chi connectivity index (χ1v) is 11.1. The maximum Gasteiger partial charge on any atom is 1.00 e. The number of benzene rings is 3. The largest absolute Gasteiger partial charge is 1.00 e. The summed E-state index contributed by atoms with van der Waals surface area (Å²) >= 11 is -2.06. The van der Waals surface area contributed by atoms with Crippen LogP contribution in [-0.4, -0.2) is 80.0 Å². The Balaban J connectivity index is 0.000000468. The Kier molecular flexibility index (Phi) is 11.2. The van der Waals surface area contributed by atoms with Crippen LogP contribution in [0.3, 0.4) is 0 Å². The van der Waals surface area contributed by atoms with Crippen molar-refractivity contribution in [1.82, 2.24) is 0 Å². The SMILES string of the molecule is O=C([O-])c1cc(O)c(O)c(O)c1.O=C([O][Ge][O]C(=O)c1cc(O)c(O)c(O)c1)c1cc(O)c(O)c(O)c1.[Na+]. The number of hydrogen-bond acceptors (Lipinski definition) is 15. The van der Waals surface area contributed by atoms with Crippen LogP contribution in [0, 0.1) is 0 Å². The molecule has 38 heavy (non-hydrogen) atoms. The van der Waals surface area contributed by atoms with Gasteiger partial charge in [0, 0.05) is 5.56 Å². The van der Waals surface area contributed by atoms with E-state index in [1.165, 1.54) is 0 Å². The average Bonchev–Trinajstić information content (AvgIpc) is 2.83. The van der Waals surface area contributed by atoms with Gasteiger partial charge in [0.2, 0.25) is 0 Å². The number of carbonyl (C=O) groups is 3. The molecule has 17 heteroatoms. The standard InChI is InChI=1S/C14H10GeO10.C7H6O5.Na/c16-7-1-5(2-8(17)11(7)20)13(22)24-15-25-14(23)6-3-9(18)12(21)10(19)4-6;8-4-1-3(7(11)12)2-5(9)6(4)10;/h1-4,16-21H;1-2,8-10H,(H,11,12);/q;;+1/p-1. The zero-order chi connectivity index (χ0) is 28.0. The average molecular weight is 603 g/mol. The van der Waals surface area contributed by atoms with Crippen molar-refractivity contribution < 1.29 is 103 Å². The number of aromatic hydroxyl groups is 9. The number of hydrogen-bond donors (Lipinski definition) is 9. The fourth-order valence-electron chi connectivity index (χ4n) is 2.38. The molecule has 3 aromatic carbocycles. The van der Waals surface area contributed by atoms with Crippen molar-refractivity contribution in [3.8, 4) is 51.7 Å².